The fraction of sp³-hybridized carbons (Fsp3) is 0.400. The molecular formula is C15H19NO2. The van der Waals surface area contributed by atoms with Gasteiger partial charge in [-0.1, -0.05) is 36.4 Å². The van der Waals surface area contributed by atoms with Crippen molar-refractivity contribution >= 4 is 5.97 Å². The van der Waals surface area contributed by atoms with Gasteiger partial charge in [-0.2, -0.15) is 0 Å². The zero-order valence-electron chi connectivity index (χ0n) is 10.7. The summed E-state index contributed by atoms with van der Waals surface area (Å²) >= 11 is 0. The van der Waals surface area contributed by atoms with E-state index in [0.29, 0.717) is 6.04 Å². The molecule has 18 heavy (non-hydrogen) atoms. The van der Waals surface area contributed by atoms with Crippen LogP contribution in [-0.2, 0) is 9.53 Å². The third-order valence-electron chi connectivity index (χ3n) is 3.34. The Morgan fingerprint density at radius 2 is 2.22 bits per heavy atom. The van der Waals surface area contributed by atoms with Crippen LogP contribution in [0.1, 0.15) is 24.4 Å². The molecule has 1 aromatic carbocycles. The summed E-state index contributed by atoms with van der Waals surface area (Å²) in [5, 5.41) is 0. The Bertz CT molecular complexity index is 414. The van der Waals surface area contributed by atoms with E-state index >= 15 is 0 Å². The largest absolute Gasteiger partial charge is 0.466 e. The smallest absolute Gasteiger partial charge is 0.330 e. The monoisotopic (exact) mass is 245 g/mol. The first-order valence-corrected chi connectivity index (χ1v) is 6.35. The number of carbonyl (C=O) groups is 1. The van der Waals surface area contributed by atoms with Gasteiger partial charge in [0.2, 0.25) is 0 Å². The van der Waals surface area contributed by atoms with Gasteiger partial charge < -0.3 is 4.74 Å². The van der Waals surface area contributed by atoms with Crippen molar-refractivity contribution in [3.8, 4) is 0 Å². The van der Waals surface area contributed by atoms with Gasteiger partial charge in [0.25, 0.3) is 0 Å². The molecule has 2 rings (SSSR count). The average molecular weight is 245 g/mol. The van der Waals surface area contributed by atoms with Gasteiger partial charge in [0.15, 0.2) is 0 Å². The number of likely N-dealkylation sites (tertiary alicyclic amines) is 1. The maximum atomic E-state index is 11.0. The van der Waals surface area contributed by atoms with E-state index < -0.39 is 0 Å². The fourth-order valence-electron chi connectivity index (χ4n) is 2.45. The molecule has 0 aliphatic carbocycles. The van der Waals surface area contributed by atoms with Gasteiger partial charge in [-0.15, -0.1) is 0 Å². The molecular weight excluding hydrogens is 226 g/mol. The maximum absolute atomic E-state index is 11.0. The third-order valence-corrected chi connectivity index (χ3v) is 3.34. The van der Waals surface area contributed by atoms with Gasteiger partial charge in [0.05, 0.1) is 7.11 Å². The number of ether oxygens (including phenoxy) is 1. The Hall–Kier alpha value is -1.61. The Labute approximate surface area is 108 Å². The Kier molecular flexibility index (Phi) is 4.53. The van der Waals surface area contributed by atoms with Crippen LogP contribution in [-0.4, -0.2) is 31.1 Å². The number of benzene rings is 1. The summed E-state index contributed by atoms with van der Waals surface area (Å²) in [6.45, 7) is 1.89. The van der Waals surface area contributed by atoms with E-state index in [0.717, 1.165) is 13.1 Å². The van der Waals surface area contributed by atoms with Crippen LogP contribution in [0.25, 0.3) is 0 Å². The first kappa shape index (κ1) is 12.8. The van der Waals surface area contributed by atoms with E-state index in [9.17, 15) is 4.79 Å². The molecule has 1 aromatic rings. The van der Waals surface area contributed by atoms with Crippen molar-refractivity contribution in [2.75, 3.05) is 20.2 Å². The van der Waals surface area contributed by atoms with Gasteiger partial charge in [0.1, 0.15) is 0 Å². The predicted molar refractivity (Wildman–Crippen MR) is 71.1 cm³/mol. The van der Waals surface area contributed by atoms with Crippen LogP contribution < -0.4 is 0 Å². The lowest BCUT2D eigenvalue weighted by Crippen LogP contribution is -2.23. The maximum Gasteiger partial charge on any atom is 0.330 e. The summed E-state index contributed by atoms with van der Waals surface area (Å²) < 4.78 is 4.58. The van der Waals surface area contributed by atoms with Crippen LogP contribution in [0.15, 0.2) is 42.5 Å². The lowest BCUT2D eigenvalue weighted by Gasteiger charge is -2.23. The quantitative estimate of drug-likeness (QED) is 0.603. The van der Waals surface area contributed by atoms with E-state index in [1.54, 1.807) is 0 Å². The molecule has 1 aliphatic rings. The highest BCUT2D eigenvalue weighted by molar-refractivity contribution is 5.81. The van der Waals surface area contributed by atoms with E-state index in [-0.39, 0.29) is 5.97 Å². The first-order chi connectivity index (χ1) is 8.81. The number of nitrogens with zero attached hydrogens (tertiary/aromatic N) is 1. The van der Waals surface area contributed by atoms with E-state index in [1.165, 1.54) is 31.6 Å². The molecule has 0 amide bonds. The Morgan fingerprint density at radius 3 is 2.94 bits per heavy atom. The molecule has 0 spiro atoms. The number of hydrogen-bond donors (Lipinski definition) is 0. The van der Waals surface area contributed by atoms with Crippen LogP contribution in [0, 0.1) is 0 Å². The topological polar surface area (TPSA) is 29.5 Å². The predicted octanol–water partition coefficient (Wildman–Crippen LogP) is 2.55. The SMILES string of the molecule is COC(=O)/C=C/CN1CCCC1c1ccccc1. The van der Waals surface area contributed by atoms with E-state index in [2.05, 4.69) is 33.9 Å². The minimum absolute atomic E-state index is 0.287. The number of hydrogen-bond acceptors (Lipinski definition) is 3. The van der Waals surface area contributed by atoms with Crippen molar-refractivity contribution in [1.82, 2.24) is 4.90 Å². The number of rotatable bonds is 4. The molecule has 96 valence electrons. The van der Waals surface area contributed by atoms with Gasteiger partial charge in [-0.3, -0.25) is 4.90 Å². The molecule has 3 heteroatoms. The molecule has 0 bridgehead atoms. The van der Waals surface area contributed by atoms with Crippen molar-refractivity contribution in [2.24, 2.45) is 0 Å². The second-order valence-corrected chi connectivity index (χ2v) is 4.49. The van der Waals surface area contributed by atoms with Crippen molar-refractivity contribution < 1.29 is 9.53 Å². The number of carbonyl (C=O) groups excluding carboxylic acids is 1. The highest BCUT2D eigenvalue weighted by Crippen LogP contribution is 2.31. The van der Waals surface area contributed by atoms with Crippen LogP contribution in [0.3, 0.4) is 0 Å². The standard InChI is InChI=1S/C15H19NO2/c1-18-15(17)10-6-12-16-11-5-9-14(16)13-7-3-2-4-8-13/h2-4,6-8,10,14H,5,9,11-12H2,1H3/b10-6+. The summed E-state index contributed by atoms with van der Waals surface area (Å²) in [5.74, 6) is -0.287. The molecule has 0 saturated carbocycles. The second-order valence-electron chi connectivity index (χ2n) is 4.49. The Morgan fingerprint density at radius 1 is 1.44 bits per heavy atom. The molecule has 1 fully saturated rings. The second kappa shape index (κ2) is 6.36. The summed E-state index contributed by atoms with van der Waals surface area (Å²) in [6.07, 6.45) is 5.79. The van der Waals surface area contributed by atoms with Gasteiger partial charge in [-0.25, -0.2) is 4.79 Å². The molecule has 0 aromatic heterocycles. The number of esters is 1. The highest BCUT2D eigenvalue weighted by Gasteiger charge is 2.24. The van der Waals surface area contributed by atoms with Gasteiger partial charge in [-0.05, 0) is 24.9 Å². The molecule has 3 nitrogen and oxygen atoms in total. The minimum Gasteiger partial charge on any atom is -0.466 e. The van der Waals surface area contributed by atoms with E-state index in [1.807, 2.05) is 12.1 Å². The van der Waals surface area contributed by atoms with Crippen molar-refractivity contribution in [3.05, 3.63) is 48.0 Å². The van der Waals surface area contributed by atoms with Gasteiger partial charge >= 0.3 is 5.97 Å². The van der Waals surface area contributed by atoms with Crippen LogP contribution in [0.5, 0.6) is 0 Å². The summed E-state index contributed by atoms with van der Waals surface area (Å²) in [7, 11) is 1.40. The lowest BCUT2D eigenvalue weighted by atomic mass is 10.0. The summed E-state index contributed by atoms with van der Waals surface area (Å²) in [4.78, 5) is 13.4. The average Bonchev–Trinajstić information content (AvgIpc) is 2.88. The molecule has 0 N–H and O–H groups in total. The van der Waals surface area contributed by atoms with Crippen molar-refractivity contribution in [2.45, 2.75) is 18.9 Å². The van der Waals surface area contributed by atoms with Crippen LogP contribution >= 0.6 is 0 Å². The fourth-order valence-corrected chi connectivity index (χ4v) is 2.45. The van der Waals surface area contributed by atoms with Crippen molar-refractivity contribution in [3.63, 3.8) is 0 Å². The first-order valence-electron chi connectivity index (χ1n) is 6.35. The van der Waals surface area contributed by atoms with Gasteiger partial charge in [0, 0.05) is 18.7 Å². The zero-order chi connectivity index (χ0) is 12.8. The molecule has 1 aliphatic heterocycles. The normalized spacial score (nSPS) is 20.4. The molecule has 1 saturated heterocycles. The molecule has 1 unspecified atom stereocenters. The van der Waals surface area contributed by atoms with Crippen LogP contribution in [0.2, 0.25) is 0 Å². The minimum atomic E-state index is -0.287. The zero-order valence-corrected chi connectivity index (χ0v) is 10.7. The summed E-state index contributed by atoms with van der Waals surface area (Å²) in [5.41, 5.74) is 1.36. The van der Waals surface area contributed by atoms with Crippen molar-refractivity contribution in [1.29, 1.82) is 0 Å². The molecule has 0 radical (unpaired) electrons. The Balaban J connectivity index is 1.96. The summed E-state index contributed by atoms with van der Waals surface area (Å²) in [6, 6.07) is 11.0. The van der Waals surface area contributed by atoms with Crippen LogP contribution in [0.4, 0.5) is 0 Å². The van der Waals surface area contributed by atoms with E-state index in [4.69, 9.17) is 0 Å². The highest BCUT2D eigenvalue weighted by atomic mass is 16.5. The number of methoxy groups -OCH3 is 1. The third kappa shape index (κ3) is 3.20. The molecule has 1 atom stereocenters. The molecule has 1 heterocycles. The lowest BCUT2D eigenvalue weighted by molar-refractivity contribution is -0.134.